The van der Waals surface area contributed by atoms with Gasteiger partial charge in [0.25, 0.3) is 0 Å². The first-order valence-electron chi connectivity index (χ1n) is 4.65. The molecule has 1 aliphatic carbocycles. The Morgan fingerprint density at radius 1 is 1.67 bits per heavy atom. The van der Waals surface area contributed by atoms with Crippen LogP contribution in [0.15, 0.2) is 18.3 Å². The molecule has 0 saturated heterocycles. The molecule has 0 atom stereocenters. The molecule has 2 rings (SSSR count). The van der Waals surface area contributed by atoms with Gasteiger partial charge in [0.15, 0.2) is 0 Å². The summed E-state index contributed by atoms with van der Waals surface area (Å²) >= 11 is 0. The van der Waals surface area contributed by atoms with Gasteiger partial charge in [-0.2, -0.15) is 0 Å². The van der Waals surface area contributed by atoms with Crippen molar-refractivity contribution in [2.24, 2.45) is 0 Å². The summed E-state index contributed by atoms with van der Waals surface area (Å²) in [6, 6.07) is 2.91. The van der Waals surface area contributed by atoms with Crippen molar-refractivity contribution in [1.29, 1.82) is 0 Å². The van der Waals surface area contributed by atoms with Gasteiger partial charge in [0.05, 0.1) is 17.1 Å². The Balaban J connectivity index is 2.24. The Kier molecular flexibility index (Phi) is 2.28. The molecule has 2 N–H and O–H groups in total. The second-order valence-electron chi connectivity index (χ2n) is 3.69. The van der Waals surface area contributed by atoms with E-state index in [1.165, 1.54) is 18.3 Å². The van der Waals surface area contributed by atoms with Crippen LogP contribution in [0.4, 0.5) is 11.5 Å². The molecule has 80 valence electrons. The summed E-state index contributed by atoms with van der Waals surface area (Å²) in [4.78, 5) is 14.1. The molecule has 6 nitrogen and oxygen atoms in total. The van der Waals surface area contributed by atoms with Crippen LogP contribution in [-0.4, -0.2) is 27.2 Å². The fraction of sp³-hybridized carbons (Fsp3) is 0.444. The molecule has 0 bridgehead atoms. The van der Waals surface area contributed by atoms with Gasteiger partial charge < -0.3 is 10.4 Å². The topological polar surface area (TPSA) is 88.3 Å². The fourth-order valence-corrected chi connectivity index (χ4v) is 1.37. The van der Waals surface area contributed by atoms with Crippen LogP contribution in [0.1, 0.15) is 12.8 Å². The van der Waals surface area contributed by atoms with Crippen LogP contribution >= 0.6 is 0 Å². The molecule has 0 aliphatic heterocycles. The molecule has 0 radical (unpaired) electrons. The molecule has 1 aromatic heterocycles. The van der Waals surface area contributed by atoms with E-state index in [9.17, 15) is 10.1 Å². The van der Waals surface area contributed by atoms with Crippen LogP contribution in [0.3, 0.4) is 0 Å². The summed E-state index contributed by atoms with van der Waals surface area (Å²) < 4.78 is 0. The van der Waals surface area contributed by atoms with E-state index in [-0.39, 0.29) is 23.7 Å². The van der Waals surface area contributed by atoms with Gasteiger partial charge in [-0.25, -0.2) is 4.98 Å². The summed E-state index contributed by atoms with van der Waals surface area (Å²) in [6.45, 7) is -0.0271. The smallest absolute Gasteiger partial charge is 0.311 e. The van der Waals surface area contributed by atoms with Crippen LogP contribution in [0.2, 0.25) is 0 Å². The summed E-state index contributed by atoms with van der Waals surface area (Å²) in [7, 11) is 0. The molecule has 1 aliphatic rings. The third-order valence-corrected chi connectivity index (χ3v) is 2.52. The Hall–Kier alpha value is -1.69. The Labute approximate surface area is 86.1 Å². The van der Waals surface area contributed by atoms with Gasteiger partial charge in [0.1, 0.15) is 0 Å². The molecule has 0 aromatic carbocycles. The molecule has 0 spiro atoms. The van der Waals surface area contributed by atoms with E-state index in [2.05, 4.69) is 10.3 Å². The summed E-state index contributed by atoms with van der Waals surface area (Å²) in [5, 5.41) is 22.7. The maximum atomic E-state index is 10.7. The van der Waals surface area contributed by atoms with Crippen LogP contribution in [0, 0.1) is 10.1 Å². The average Bonchev–Trinajstić information content (AvgIpc) is 2.99. The van der Waals surface area contributed by atoms with Crippen molar-refractivity contribution in [3.8, 4) is 0 Å². The van der Waals surface area contributed by atoms with Crippen molar-refractivity contribution in [3.05, 3.63) is 28.4 Å². The number of nitrogens with one attached hydrogen (secondary N) is 1. The zero-order valence-electron chi connectivity index (χ0n) is 8.01. The summed E-state index contributed by atoms with van der Waals surface area (Å²) in [5.74, 6) is 0.231. The number of hydrogen-bond donors (Lipinski definition) is 2. The van der Waals surface area contributed by atoms with Gasteiger partial charge in [-0.1, -0.05) is 0 Å². The monoisotopic (exact) mass is 209 g/mol. The number of rotatable bonds is 4. The molecular weight excluding hydrogens is 198 g/mol. The number of anilines is 1. The quantitative estimate of drug-likeness (QED) is 0.568. The third kappa shape index (κ3) is 1.89. The van der Waals surface area contributed by atoms with Crippen LogP contribution in [-0.2, 0) is 0 Å². The first kappa shape index (κ1) is 9.85. The van der Waals surface area contributed by atoms with Crippen LogP contribution in [0.25, 0.3) is 0 Å². The summed E-state index contributed by atoms with van der Waals surface area (Å²) in [5.41, 5.74) is -0.448. The Bertz CT molecular complexity index is 390. The maximum absolute atomic E-state index is 10.7. The van der Waals surface area contributed by atoms with E-state index in [0.29, 0.717) is 0 Å². The highest BCUT2D eigenvalue weighted by Gasteiger charge is 2.43. The zero-order valence-corrected chi connectivity index (χ0v) is 8.01. The van der Waals surface area contributed by atoms with Crippen molar-refractivity contribution in [1.82, 2.24) is 4.98 Å². The third-order valence-electron chi connectivity index (χ3n) is 2.52. The minimum Gasteiger partial charge on any atom is -0.394 e. The lowest BCUT2D eigenvalue weighted by molar-refractivity contribution is -0.384. The second kappa shape index (κ2) is 3.47. The van der Waals surface area contributed by atoms with Gasteiger partial charge in [0, 0.05) is 12.3 Å². The molecule has 1 heterocycles. The lowest BCUT2D eigenvalue weighted by Crippen LogP contribution is -2.26. The van der Waals surface area contributed by atoms with E-state index in [0.717, 1.165) is 12.8 Å². The molecule has 1 aromatic rings. The number of aliphatic hydroxyl groups excluding tert-OH is 1. The molecule has 15 heavy (non-hydrogen) atoms. The second-order valence-corrected chi connectivity index (χ2v) is 3.69. The minimum absolute atomic E-state index is 0.0271. The van der Waals surface area contributed by atoms with Crippen molar-refractivity contribution < 1.29 is 10.0 Å². The Morgan fingerprint density at radius 2 is 2.40 bits per heavy atom. The predicted molar refractivity (Wildman–Crippen MR) is 53.6 cm³/mol. The van der Waals surface area contributed by atoms with Gasteiger partial charge >= 0.3 is 5.69 Å². The van der Waals surface area contributed by atoms with Crippen molar-refractivity contribution >= 4 is 11.5 Å². The average molecular weight is 209 g/mol. The highest BCUT2D eigenvalue weighted by Crippen LogP contribution is 2.39. The number of pyridine rings is 1. The van der Waals surface area contributed by atoms with E-state index < -0.39 is 4.92 Å². The highest BCUT2D eigenvalue weighted by atomic mass is 16.6. The molecule has 0 amide bonds. The maximum Gasteiger partial charge on any atom is 0.311 e. The zero-order chi connectivity index (χ0) is 10.9. The minimum atomic E-state index is -0.483. The van der Waals surface area contributed by atoms with Crippen LogP contribution < -0.4 is 5.32 Å². The van der Waals surface area contributed by atoms with Crippen molar-refractivity contribution in [2.45, 2.75) is 18.4 Å². The predicted octanol–water partition coefficient (Wildman–Crippen LogP) is 0.927. The van der Waals surface area contributed by atoms with Gasteiger partial charge in [-0.15, -0.1) is 0 Å². The first-order chi connectivity index (χ1) is 7.17. The molecular formula is C9H11N3O3. The normalized spacial score (nSPS) is 17.1. The largest absolute Gasteiger partial charge is 0.394 e. The van der Waals surface area contributed by atoms with Gasteiger partial charge in [-0.05, 0) is 18.9 Å². The van der Waals surface area contributed by atoms with E-state index >= 15 is 0 Å². The van der Waals surface area contributed by atoms with E-state index in [4.69, 9.17) is 5.11 Å². The highest BCUT2D eigenvalue weighted by molar-refractivity contribution is 5.57. The number of aromatic nitrogens is 1. The molecule has 6 heteroatoms. The van der Waals surface area contributed by atoms with Crippen molar-refractivity contribution in [2.75, 3.05) is 11.9 Å². The standard InChI is InChI=1S/C9H11N3O3/c13-6-9(3-4-9)11-8-7(12(14)15)2-1-5-10-8/h1-2,5,13H,3-4,6H2,(H,10,11). The molecule has 1 saturated carbocycles. The van der Waals surface area contributed by atoms with E-state index in [1.54, 1.807) is 0 Å². The number of aliphatic hydroxyl groups is 1. The van der Waals surface area contributed by atoms with Crippen LogP contribution in [0.5, 0.6) is 0 Å². The van der Waals surface area contributed by atoms with E-state index in [1.807, 2.05) is 0 Å². The summed E-state index contributed by atoms with van der Waals surface area (Å²) in [6.07, 6.45) is 3.12. The van der Waals surface area contributed by atoms with Crippen molar-refractivity contribution in [3.63, 3.8) is 0 Å². The lowest BCUT2D eigenvalue weighted by Gasteiger charge is -2.14. The number of nitro groups is 1. The number of nitrogens with zero attached hydrogens (tertiary/aromatic N) is 2. The van der Waals surface area contributed by atoms with Gasteiger partial charge in [0.2, 0.25) is 5.82 Å². The first-order valence-corrected chi connectivity index (χ1v) is 4.65. The molecule has 0 unspecified atom stereocenters. The Morgan fingerprint density at radius 3 is 2.93 bits per heavy atom. The SMILES string of the molecule is O=[N+]([O-])c1cccnc1NC1(CO)CC1. The fourth-order valence-electron chi connectivity index (χ4n) is 1.37. The lowest BCUT2D eigenvalue weighted by atomic mass is 10.3. The number of hydrogen-bond acceptors (Lipinski definition) is 5. The van der Waals surface area contributed by atoms with Gasteiger partial charge in [-0.3, -0.25) is 10.1 Å². The molecule has 1 fully saturated rings.